The summed E-state index contributed by atoms with van der Waals surface area (Å²) >= 11 is 0. The minimum atomic E-state index is -0.0945. The second-order valence-corrected chi connectivity index (χ2v) is 7.68. The van der Waals surface area contributed by atoms with Crippen molar-refractivity contribution < 1.29 is 14.3 Å². The van der Waals surface area contributed by atoms with Crippen LogP contribution in [0.4, 0.5) is 0 Å². The van der Waals surface area contributed by atoms with Gasteiger partial charge in [-0.2, -0.15) is 0 Å². The normalized spacial score (nSPS) is 15.9. The molecule has 1 heterocycles. The van der Waals surface area contributed by atoms with Gasteiger partial charge in [-0.15, -0.1) is 0 Å². The van der Waals surface area contributed by atoms with Crippen molar-refractivity contribution in [2.75, 3.05) is 13.2 Å². The predicted molar refractivity (Wildman–Crippen MR) is 103 cm³/mol. The van der Waals surface area contributed by atoms with Crippen LogP contribution in [-0.4, -0.2) is 25.2 Å². The molecule has 1 amide bonds. The molecule has 1 atom stereocenters. The summed E-state index contributed by atoms with van der Waals surface area (Å²) in [5.74, 6) is 1.61. The van der Waals surface area contributed by atoms with E-state index in [2.05, 4.69) is 38.2 Å². The lowest BCUT2D eigenvalue weighted by Gasteiger charge is -2.19. The number of hydrogen-bond acceptors (Lipinski definition) is 3. The third-order valence-electron chi connectivity index (χ3n) is 4.59. The summed E-state index contributed by atoms with van der Waals surface area (Å²) in [6.07, 6.45) is 0.801. The molecule has 0 spiro atoms. The molecule has 0 bridgehead atoms. The Morgan fingerprint density at radius 1 is 1.19 bits per heavy atom. The second kappa shape index (κ2) is 7.40. The van der Waals surface area contributed by atoms with Crippen LogP contribution in [0, 0.1) is 0 Å². The molecular formula is C22H27NO3. The maximum Gasteiger partial charge on any atom is 0.251 e. The lowest BCUT2D eigenvalue weighted by atomic mass is 9.86. The SMILES string of the molecule is CCOc1ccc(C(=O)NCC2Cc3cc(C(C)(C)C)ccc3O2)cc1. The Hall–Kier alpha value is -2.49. The molecule has 0 saturated carbocycles. The number of carbonyl (C=O) groups is 1. The Morgan fingerprint density at radius 2 is 1.92 bits per heavy atom. The van der Waals surface area contributed by atoms with E-state index in [1.807, 2.05) is 25.1 Å². The van der Waals surface area contributed by atoms with Gasteiger partial charge in [0.2, 0.25) is 0 Å². The molecule has 2 aromatic carbocycles. The number of fused-ring (bicyclic) bond motifs is 1. The number of rotatable bonds is 5. The quantitative estimate of drug-likeness (QED) is 0.880. The number of hydrogen-bond donors (Lipinski definition) is 1. The Morgan fingerprint density at radius 3 is 2.58 bits per heavy atom. The zero-order valence-electron chi connectivity index (χ0n) is 16.0. The van der Waals surface area contributed by atoms with E-state index in [0.717, 1.165) is 17.9 Å². The van der Waals surface area contributed by atoms with Crippen molar-refractivity contribution >= 4 is 5.91 Å². The molecule has 1 unspecified atom stereocenters. The van der Waals surface area contributed by atoms with Gasteiger partial charge in [0.15, 0.2) is 0 Å². The predicted octanol–water partition coefficient (Wildman–Crippen LogP) is 4.12. The highest BCUT2D eigenvalue weighted by atomic mass is 16.5. The fourth-order valence-electron chi connectivity index (χ4n) is 3.08. The summed E-state index contributed by atoms with van der Waals surface area (Å²) < 4.78 is 11.4. The van der Waals surface area contributed by atoms with Crippen LogP contribution in [0.2, 0.25) is 0 Å². The first-order chi connectivity index (χ1) is 12.4. The molecule has 1 aliphatic heterocycles. The van der Waals surface area contributed by atoms with E-state index in [4.69, 9.17) is 9.47 Å². The number of benzene rings is 2. The number of carbonyl (C=O) groups excluding carboxylic acids is 1. The van der Waals surface area contributed by atoms with Crippen LogP contribution >= 0.6 is 0 Å². The lowest BCUT2D eigenvalue weighted by molar-refractivity contribution is 0.0933. The molecule has 0 saturated heterocycles. The fourth-order valence-corrected chi connectivity index (χ4v) is 3.08. The van der Waals surface area contributed by atoms with Crippen LogP contribution in [0.1, 0.15) is 49.2 Å². The second-order valence-electron chi connectivity index (χ2n) is 7.68. The van der Waals surface area contributed by atoms with E-state index in [1.54, 1.807) is 12.1 Å². The largest absolute Gasteiger partial charge is 0.494 e. The van der Waals surface area contributed by atoms with E-state index >= 15 is 0 Å². The van der Waals surface area contributed by atoms with Gasteiger partial charge in [-0.25, -0.2) is 0 Å². The van der Waals surface area contributed by atoms with Gasteiger partial charge < -0.3 is 14.8 Å². The molecule has 1 N–H and O–H groups in total. The van der Waals surface area contributed by atoms with Crippen LogP contribution in [0.25, 0.3) is 0 Å². The summed E-state index contributed by atoms with van der Waals surface area (Å²) in [5.41, 5.74) is 3.27. The van der Waals surface area contributed by atoms with Crippen LogP contribution < -0.4 is 14.8 Å². The number of ether oxygens (including phenoxy) is 2. The summed E-state index contributed by atoms with van der Waals surface area (Å²) in [7, 11) is 0. The number of amides is 1. The Balaban J connectivity index is 1.56. The van der Waals surface area contributed by atoms with E-state index in [9.17, 15) is 4.79 Å². The molecule has 26 heavy (non-hydrogen) atoms. The Labute approximate surface area is 155 Å². The molecule has 138 valence electrons. The standard InChI is InChI=1S/C22H27NO3/c1-5-25-18-9-6-15(7-10-18)21(24)23-14-19-13-16-12-17(22(2,3)4)8-11-20(16)26-19/h6-12,19H,5,13-14H2,1-4H3,(H,23,24). The molecule has 1 aliphatic rings. The van der Waals surface area contributed by atoms with Gasteiger partial charge in [-0.1, -0.05) is 32.9 Å². The summed E-state index contributed by atoms with van der Waals surface area (Å²) in [5, 5.41) is 2.97. The zero-order chi connectivity index (χ0) is 18.7. The van der Waals surface area contributed by atoms with E-state index in [-0.39, 0.29) is 17.4 Å². The minimum absolute atomic E-state index is 0.0214. The van der Waals surface area contributed by atoms with Crippen molar-refractivity contribution in [2.45, 2.75) is 45.6 Å². The maximum atomic E-state index is 12.3. The third kappa shape index (κ3) is 4.18. The Bertz CT molecular complexity index is 775. The molecule has 0 aliphatic carbocycles. The van der Waals surface area contributed by atoms with Gasteiger partial charge in [0.05, 0.1) is 13.2 Å². The Kier molecular flexibility index (Phi) is 5.21. The number of nitrogens with one attached hydrogen (secondary N) is 1. The van der Waals surface area contributed by atoms with Gasteiger partial charge in [0.25, 0.3) is 5.91 Å². The van der Waals surface area contributed by atoms with Gasteiger partial charge >= 0.3 is 0 Å². The highest BCUT2D eigenvalue weighted by Gasteiger charge is 2.25. The van der Waals surface area contributed by atoms with Crippen LogP contribution in [0.15, 0.2) is 42.5 Å². The molecule has 2 aromatic rings. The van der Waals surface area contributed by atoms with Crippen molar-refractivity contribution in [1.82, 2.24) is 5.32 Å². The average Bonchev–Trinajstić information content (AvgIpc) is 3.02. The van der Waals surface area contributed by atoms with Gasteiger partial charge in [-0.05, 0) is 53.8 Å². The van der Waals surface area contributed by atoms with Crippen LogP contribution in [-0.2, 0) is 11.8 Å². The smallest absolute Gasteiger partial charge is 0.251 e. The van der Waals surface area contributed by atoms with Crippen molar-refractivity contribution in [1.29, 1.82) is 0 Å². The average molecular weight is 353 g/mol. The summed E-state index contributed by atoms with van der Waals surface area (Å²) in [6, 6.07) is 13.6. The first kappa shape index (κ1) is 18.3. The highest BCUT2D eigenvalue weighted by Crippen LogP contribution is 2.33. The van der Waals surface area contributed by atoms with E-state index in [1.165, 1.54) is 11.1 Å². The zero-order valence-corrected chi connectivity index (χ0v) is 16.0. The van der Waals surface area contributed by atoms with E-state index in [0.29, 0.717) is 18.7 Å². The van der Waals surface area contributed by atoms with Crippen molar-refractivity contribution in [3.05, 3.63) is 59.2 Å². The van der Waals surface area contributed by atoms with Crippen molar-refractivity contribution in [2.24, 2.45) is 0 Å². The van der Waals surface area contributed by atoms with Crippen LogP contribution in [0.5, 0.6) is 11.5 Å². The third-order valence-corrected chi connectivity index (χ3v) is 4.59. The topological polar surface area (TPSA) is 47.6 Å². The van der Waals surface area contributed by atoms with Crippen molar-refractivity contribution in [3.8, 4) is 11.5 Å². The maximum absolute atomic E-state index is 12.3. The van der Waals surface area contributed by atoms with Gasteiger partial charge in [0.1, 0.15) is 17.6 Å². The molecule has 4 nitrogen and oxygen atoms in total. The van der Waals surface area contributed by atoms with Crippen LogP contribution in [0.3, 0.4) is 0 Å². The first-order valence-corrected chi connectivity index (χ1v) is 9.18. The van der Waals surface area contributed by atoms with Gasteiger partial charge in [-0.3, -0.25) is 4.79 Å². The molecular weight excluding hydrogens is 326 g/mol. The molecule has 0 aromatic heterocycles. The molecule has 0 radical (unpaired) electrons. The molecule has 3 rings (SSSR count). The summed E-state index contributed by atoms with van der Waals surface area (Å²) in [6.45, 7) is 9.66. The van der Waals surface area contributed by atoms with Crippen molar-refractivity contribution in [3.63, 3.8) is 0 Å². The van der Waals surface area contributed by atoms with E-state index < -0.39 is 0 Å². The highest BCUT2D eigenvalue weighted by molar-refractivity contribution is 5.94. The van der Waals surface area contributed by atoms with Gasteiger partial charge in [0, 0.05) is 12.0 Å². The first-order valence-electron chi connectivity index (χ1n) is 9.18. The monoisotopic (exact) mass is 353 g/mol. The summed E-state index contributed by atoms with van der Waals surface area (Å²) in [4.78, 5) is 12.3. The fraction of sp³-hybridized carbons (Fsp3) is 0.409. The lowest BCUT2D eigenvalue weighted by Crippen LogP contribution is -2.34. The molecule has 0 fully saturated rings. The molecule has 4 heteroatoms. The minimum Gasteiger partial charge on any atom is -0.494 e.